The molecule has 53 heavy (non-hydrogen) atoms. The molecule has 6 aromatic rings. The molecule has 0 atom stereocenters. The van der Waals surface area contributed by atoms with Crippen molar-refractivity contribution in [3.8, 4) is 12.1 Å². The van der Waals surface area contributed by atoms with Gasteiger partial charge in [-0.2, -0.15) is 10.5 Å². The molecule has 0 bridgehead atoms. The van der Waals surface area contributed by atoms with Gasteiger partial charge in [0.05, 0.1) is 53.8 Å². The van der Waals surface area contributed by atoms with Crippen LogP contribution < -0.4 is 21.3 Å². The zero-order valence-corrected chi connectivity index (χ0v) is 29.7. The highest BCUT2D eigenvalue weighted by Gasteiger charge is 2.27. The third-order valence-corrected chi connectivity index (χ3v) is 8.28. The molecule has 0 amide bonds. The molecule has 0 aromatic heterocycles. The number of rotatable bonds is 8. The Labute approximate surface area is 320 Å². The van der Waals surface area contributed by atoms with E-state index in [0.717, 1.165) is 17.1 Å². The maximum absolute atomic E-state index is 11.6. The van der Waals surface area contributed by atoms with Gasteiger partial charge in [-0.05, 0) is 72.8 Å². The third kappa shape index (κ3) is 8.56. The van der Waals surface area contributed by atoms with Crippen molar-refractivity contribution in [2.24, 2.45) is 0 Å². The molecule has 0 saturated heterocycles. The van der Waals surface area contributed by atoms with Crippen molar-refractivity contribution >= 4 is 92.5 Å². The number of anilines is 8. The van der Waals surface area contributed by atoms with Gasteiger partial charge in [-0.1, -0.05) is 71.7 Å². The summed E-state index contributed by atoms with van der Waals surface area (Å²) in [5.41, 5.74) is 16.7. The van der Waals surface area contributed by atoms with E-state index < -0.39 is 9.85 Å². The highest BCUT2D eigenvalue weighted by Crippen LogP contribution is 2.44. The second-order valence-electron chi connectivity index (χ2n) is 10.8. The molecule has 264 valence electrons. The molecule has 15 heteroatoms. The Morgan fingerprint density at radius 3 is 1.17 bits per heavy atom. The zero-order valence-electron chi connectivity index (χ0n) is 27.3. The van der Waals surface area contributed by atoms with Crippen LogP contribution in [0.3, 0.4) is 0 Å². The molecule has 0 heterocycles. The summed E-state index contributed by atoms with van der Waals surface area (Å²) in [5, 5.41) is 41.8. The first-order valence-electron chi connectivity index (χ1n) is 15.2. The van der Waals surface area contributed by atoms with Gasteiger partial charge in [0.2, 0.25) is 0 Å². The molecule has 4 N–H and O–H groups in total. The van der Waals surface area contributed by atoms with Crippen molar-refractivity contribution < 1.29 is 9.85 Å². The number of nitrogens with two attached hydrogens (primary N) is 2. The predicted octanol–water partition coefficient (Wildman–Crippen LogP) is 10.8. The maximum atomic E-state index is 11.6. The Balaban J connectivity index is 0.000000235. The molecule has 0 spiro atoms. The van der Waals surface area contributed by atoms with Crippen molar-refractivity contribution in [3.05, 3.63) is 175 Å². The lowest BCUT2D eigenvalue weighted by molar-refractivity contribution is -0.384. The van der Waals surface area contributed by atoms with Crippen molar-refractivity contribution in [1.82, 2.24) is 0 Å². The van der Waals surface area contributed by atoms with Gasteiger partial charge in [-0.3, -0.25) is 25.1 Å². The van der Waals surface area contributed by atoms with E-state index in [0.29, 0.717) is 27.6 Å². The number of nitrogen functional groups attached to an aromatic ring is 2. The number of para-hydroxylation sites is 8. The second kappa shape index (κ2) is 17.4. The lowest BCUT2D eigenvalue weighted by atomic mass is 10.1. The molecule has 0 aliphatic carbocycles. The number of halogens is 3. The quantitative estimate of drug-likeness (QED) is 0.0855. The molecule has 0 unspecified atom stereocenters. The topological polar surface area (TPSA) is 192 Å². The average Bonchev–Trinajstić information content (AvgIpc) is 3.14. The smallest absolute Gasteiger partial charge is 0.293 e. The first-order valence-corrected chi connectivity index (χ1v) is 16.0. The van der Waals surface area contributed by atoms with Gasteiger partial charge in [-0.25, -0.2) is 0 Å². The molecule has 6 aromatic carbocycles. The summed E-state index contributed by atoms with van der Waals surface area (Å²) in [5.74, 6) is 0. The van der Waals surface area contributed by atoms with Gasteiger partial charge in [0.1, 0.15) is 23.5 Å². The molecule has 0 radical (unpaired) electrons. The van der Waals surface area contributed by atoms with Crippen LogP contribution in [0.2, 0.25) is 10.0 Å². The number of nitro groups is 2. The van der Waals surface area contributed by atoms with Crippen LogP contribution in [0.15, 0.2) is 133 Å². The molecular weight excluding hydrogens is 739 g/mol. The number of benzene rings is 6. The standard InChI is InChI=1S/C19H11ClN4O4.C19H15ClN4.ClH/c20-15-11-14(10-9-13(15)12-21)22(16-5-1-3-7-18(16)23(25)26)17-6-2-4-8-19(17)24(27)28;20-15-11-14(10-9-13(15)12-21)24(18-7-3-1-5-16(18)22)19-8-4-2-6-17(19)23;/h1-11H;1-11H,22-23H2;1H. The minimum Gasteiger partial charge on any atom is -0.397 e. The molecule has 12 nitrogen and oxygen atoms in total. The van der Waals surface area contributed by atoms with Crippen molar-refractivity contribution in [3.63, 3.8) is 0 Å². The summed E-state index contributed by atoms with van der Waals surface area (Å²) in [6.45, 7) is 0. The van der Waals surface area contributed by atoms with Gasteiger partial charge in [0.15, 0.2) is 0 Å². The van der Waals surface area contributed by atoms with Crippen LogP contribution in [0.4, 0.5) is 56.9 Å². The van der Waals surface area contributed by atoms with Crippen molar-refractivity contribution in [2.75, 3.05) is 21.3 Å². The number of hydrogen-bond donors (Lipinski definition) is 2. The van der Waals surface area contributed by atoms with Gasteiger partial charge in [-0.15, -0.1) is 12.4 Å². The molecule has 0 aliphatic heterocycles. The summed E-state index contributed by atoms with van der Waals surface area (Å²) >= 11 is 12.4. The number of hydrogen-bond acceptors (Lipinski definition) is 10. The Hall–Kier alpha value is -6.83. The highest BCUT2D eigenvalue weighted by molar-refractivity contribution is 6.32. The maximum Gasteiger partial charge on any atom is 0.293 e. The minimum absolute atomic E-state index is 0. The normalized spacial score (nSPS) is 9.96. The third-order valence-electron chi connectivity index (χ3n) is 7.66. The fraction of sp³-hybridized carbons (Fsp3) is 0. The lowest BCUT2D eigenvalue weighted by Crippen LogP contribution is -2.13. The summed E-state index contributed by atoms with van der Waals surface area (Å²) in [6, 6.07) is 40.5. The van der Waals surface area contributed by atoms with Gasteiger partial charge < -0.3 is 16.4 Å². The summed E-state index contributed by atoms with van der Waals surface area (Å²) in [7, 11) is 0. The first kappa shape index (κ1) is 39.0. The van der Waals surface area contributed by atoms with E-state index in [1.807, 2.05) is 65.6 Å². The van der Waals surface area contributed by atoms with Crippen molar-refractivity contribution in [1.29, 1.82) is 10.5 Å². The summed E-state index contributed by atoms with van der Waals surface area (Å²) in [6.07, 6.45) is 0. The summed E-state index contributed by atoms with van der Waals surface area (Å²) < 4.78 is 0. The summed E-state index contributed by atoms with van der Waals surface area (Å²) in [4.78, 5) is 25.3. The minimum atomic E-state index is -0.567. The largest absolute Gasteiger partial charge is 0.397 e. The van der Waals surface area contributed by atoms with E-state index in [1.54, 1.807) is 24.3 Å². The SMILES string of the molecule is Cl.N#Cc1ccc(N(c2ccccc2N)c2ccccc2N)cc1Cl.N#Cc1ccc(N(c2ccccc2[N+](=O)[O-])c2ccccc2[N+](=O)[O-])cc1Cl. The van der Waals surface area contributed by atoms with E-state index in [4.69, 9.17) is 45.2 Å². The molecule has 0 aliphatic rings. The van der Waals surface area contributed by atoms with E-state index in [-0.39, 0.29) is 45.7 Å². The number of nitrogens with zero attached hydrogens (tertiary/aromatic N) is 6. The number of nitriles is 2. The van der Waals surface area contributed by atoms with Crippen LogP contribution in [-0.4, -0.2) is 9.85 Å². The van der Waals surface area contributed by atoms with E-state index in [1.165, 1.54) is 59.5 Å². The fourth-order valence-electron chi connectivity index (χ4n) is 5.28. The average molecular weight is 766 g/mol. The van der Waals surface area contributed by atoms with Crippen LogP contribution in [0, 0.1) is 42.9 Å². The van der Waals surface area contributed by atoms with Crippen LogP contribution in [-0.2, 0) is 0 Å². The van der Waals surface area contributed by atoms with Crippen molar-refractivity contribution in [2.45, 2.75) is 0 Å². The van der Waals surface area contributed by atoms with Gasteiger partial charge in [0.25, 0.3) is 11.4 Å². The van der Waals surface area contributed by atoms with E-state index >= 15 is 0 Å². The van der Waals surface area contributed by atoms with Gasteiger partial charge >= 0.3 is 0 Å². The van der Waals surface area contributed by atoms with Gasteiger partial charge in [0, 0.05) is 23.5 Å². The van der Waals surface area contributed by atoms with E-state index in [2.05, 4.69) is 6.07 Å². The zero-order chi connectivity index (χ0) is 37.4. The van der Waals surface area contributed by atoms with E-state index in [9.17, 15) is 20.2 Å². The van der Waals surface area contributed by atoms with Crippen LogP contribution in [0.5, 0.6) is 0 Å². The van der Waals surface area contributed by atoms with Crippen LogP contribution >= 0.6 is 35.6 Å². The van der Waals surface area contributed by atoms with Crippen LogP contribution in [0.1, 0.15) is 11.1 Å². The molecule has 0 fully saturated rings. The fourth-order valence-corrected chi connectivity index (χ4v) is 5.72. The second-order valence-corrected chi connectivity index (χ2v) is 11.6. The monoisotopic (exact) mass is 764 g/mol. The number of nitro benzene ring substituents is 2. The Morgan fingerprint density at radius 1 is 0.528 bits per heavy atom. The highest BCUT2D eigenvalue weighted by atomic mass is 35.5. The molecule has 0 saturated carbocycles. The Kier molecular flexibility index (Phi) is 12.8. The molecular formula is C38H27Cl3N8O4. The Bertz CT molecular complexity index is 2290. The predicted molar refractivity (Wildman–Crippen MR) is 211 cm³/mol. The lowest BCUT2D eigenvalue weighted by Gasteiger charge is -2.28. The first-order chi connectivity index (χ1) is 25.0. The Morgan fingerprint density at radius 2 is 0.849 bits per heavy atom. The molecule has 6 rings (SSSR count). The van der Waals surface area contributed by atoms with Crippen LogP contribution in [0.25, 0.3) is 0 Å².